The predicted octanol–water partition coefficient (Wildman–Crippen LogP) is 2.21. The number of nitrogens with zero attached hydrogens (tertiary/aromatic N) is 1. The lowest BCUT2D eigenvalue weighted by Crippen LogP contribution is -2.21. The fourth-order valence-corrected chi connectivity index (χ4v) is 2.30. The standard InChI is InChI=1S/C14H13ClN2O2S/c15-10-4-3-5-11(13(10)14(16)20)19-9-8-17-7-2-1-6-12(17)18/h1-7H,8-9H2,(H2,16,20). The molecule has 0 aliphatic carbocycles. The molecule has 0 bridgehead atoms. The second kappa shape index (κ2) is 6.54. The third-order valence-electron chi connectivity index (χ3n) is 2.71. The van der Waals surface area contributed by atoms with Crippen molar-refractivity contribution < 1.29 is 4.74 Å². The highest BCUT2D eigenvalue weighted by molar-refractivity contribution is 7.80. The number of rotatable bonds is 5. The van der Waals surface area contributed by atoms with Crippen molar-refractivity contribution in [1.82, 2.24) is 4.57 Å². The fourth-order valence-electron chi connectivity index (χ4n) is 1.76. The van der Waals surface area contributed by atoms with Crippen LogP contribution < -0.4 is 16.0 Å². The Balaban J connectivity index is 2.09. The minimum Gasteiger partial charge on any atom is -0.491 e. The molecule has 0 radical (unpaired) electrons. The number of aromatic nitrogens is 1. The molecule has 6 heteroatoms. The van der Waals surface area contributed by atoms with Crippen LogP contribution >= 0.6 is 23.8 Å². The van der Waals surface area contributed by atoms with Gasteiger partial charge in [0.15, 0.2) is 0 Å². The van der Waals surface area contributed by atoms with Crippen LogP contribution in [-0.4, -0.2) is 16.2 Å². The average Bonchev–Trinajstić information content (AvgIpc) is 2.40. The number of ether oxygens (including phenoxy) is 1. The van der Waals surface area contributed by atoms with Gasteiger partial charge in [0, 0.05) is 12.3 Å². The van der Waals surface area contributed by atoms with Gasteiger partial charge < -0.3 is 15.0 Å². The molecule has 2 rings (SSSR count). The molecule has 0 spiro atoms. The van der Waals surface area contributed by atoms with Crippen LogP contribution in [0.2, 0.25) is 5.02 Å². The molecular formula is C14H13ClN2O2S. The molecule has 0 fully saturated rings. The van der Waals surface area contributed by atoms with E-state index in [4.69, 9.17) is 34.3 Å². The molecule has 2 N–H and O–H groups in total. The number of halogens is 1. The number of thiocarbonyl (C=S) groups is 1. The Hall–Kier alpha value is -1.85. The van der Waals surface area contributed by atoms with E-state index < -0.39 is 0 Å². The van der Waals surface area contributed by atoms with E-state index in [9.17, 15) is 4.79 Å². The molecule has 1 aromatic heterocycles. The van der Waals surface area contributed by atoms with Crippen LogP contribution in [0.25, 0.3) is 0 Å². The number of hydrogen-bond acceptors (Lipinski definition) is 3. The summed E-state index contributed by atoms with van der Waals surface area (Å²) in [4.78, 5) is 11.7. The largest absolute Gasteiger partial charge is 0.491 e. The predicted molar refractivity (Wildman–Crippen MR) is 83.5 cm³/mol. The highest BCUT2D eigenvalue weighted by Gasteiger charge is 2.10. The van der Waals surface area contributed by atoms with Crippen LogP contribution in [0.15, 0.2) is 47.4 Å². The van der Waals surface area contributed by atoms with Crippen molar-refractivity contribution in [3.63, 3.8) is 0 Å². The first-order valence-corrected chi connectivity index (χ1v) is 6.75. The Kier molecular flexibility index (Phi) is 4.76. The Morgan fingerprint density at radius 3 is 2.80 bits per heavy atom. The van der Waals surface area contributed by atoms with Crippen LogP contribution in [0.4, 0.5) is 0 Å². The summed E-state index contributed by atoms with van der Waals surface area (Å²) in [5.41, 5.74) is 6.08. The van der Waals surface area contributed by atoms with E-state index in [-0.39, 0.29) is 10.5 Å². The lowest BCUT2D eigenvalue weighted by molar-refractivity contribution is 0.296. The van der Waals surface area contributed by atoms with Crippen LogP contribution in [0.3, 0.4) is 0 Å². The van der Waals surface area contributed by atoms with Crippen molar-refractivity contribution in [1.29, 1.82) is 0 Å². The van der Waals surface area contributed by atoms with Crippen molar-refractivity contribution in [2.24, 2.45) is 5.73 Å². The Labute approximate surface area is 126 Å². The highest BCUT2D eigenvalue weighted by Crippen LogP contribution is 2.26. The zero-order valence-corrected chi connectivity index (χ0v) is 12.2. The Morgan fingerprint density at radius 1 is 1.30 bits per heavy atom. The van der Waals surface area contributed by atoms with E-state index in [1.54, 1.807) is 41.1 Å². The Bertz CT molecular complexity index is 685. The molecule has 2 aromatic rings. The third-order valence-corrected chi connectivity index (χ3v) is 3.23. The molecule has 0 amide bonds. The summed E-state index contributed by atoms with van der Waals surface area (Å²) < 4.78 is 7.19. The molecule has 104 valence electrons. The van der Waals surface area contributed by atoms with E-state index in [0.29, 0.717) is 29.5 Å². The molecule has 1 aromatic carbocycles. The third kappa shape index (κ3) is 3.37. The van der Waals surface area contributed by atoms with E-state index in [0.717, 1.165) is 0 Å². The van der Waals surface area contributed by atoms with Gasteiger partial charge in [0.1, 0.15) is 17.3 Å². The van der Waals surface area contributed by atoms with Gasteiger partial charge >= 0.3 is 0 Å². The maximum Gasteiger partial charge on any atom is 0.250 e. The lowest BCUT2D eigenvalue weighted by Gasteiger charge is -2.12. The topological polar surface area (TPSA) is 57.2 Å². The molecule has 0 saturated heterocycles. The summed E-state index contributed by atoms with van der Waals surface area (Å²) in [5.74, 6) is 0.522. The zero-order chi connectivity index (χ0) is 14.5. The SMILES string of the molecule is NC(=S)c1c(Cl)cccc1OCCn1ccccc1=O. The van der Waals surface area contributed by atoms with Crippen LogP contribution in [-0.2, 0) is 6.54 Å². The maximum absolute atomic E-state index is 11.5. The van der Waals surface area contributed by atoms with Gasteiger partial charge in [0.2, 0.25) is 0 Å². The van der Waals surface area contributed by atoms with E-state index in [1.807, 2.05) is 0 Å². The number of hydrogen-bond donors (Lipinski definition) is 1. The molecule has 20 heavy (non-hydrogen) atoms. The van der Waals surface area contributed by atoms with Crippen molar-refractivity contribution in [2.45, 2.75) is 6.54 Å². The molecule has 0 atom stereocenters. The van der Waals surface area contributed by atoms with E-state index in [2.05, 4.69) is 0 Å². The average molecular weight is 309 g/mol. The highest BCUT2D eigenvalue weighted by atomic mass is 35.5. The first kappa shape index (κ1) is 14.6. The van der Waals surface area contributed by atoms with Crippen molar-refractivity contribution in [3.05, 3.63) is 63.5 Å². The van der Waals surface area contributed by atoms with Gasteiger partial charge in [-0.3, -0.25) is 4.79 Å². The minimum absolute atomic E-state index is 0.0724. The zero-order valence-electron chi connectivity index (χ0n) is 10.6. The quantitative estimate of drug-likeness (QED) is 0.861. The summed E-state index contributed by atoms with van der Waals surface area (Å²) in [6.07, 6.45) is 1.71. The van der Waals surface area contributed by atoms with Gasteiger partial charge in [-0.2, -0.15) is 0 Å². The second-order valence-electron chi connectivity index (χ2n) is 4.06. The van der Waals surface area contributed by atoms with Crippen molar-refractivity contribution in [2.75, 3.05) is 6.61 Å². The van der Waals surface area contributed by atoms with Gasteiger partial charge in [0.25, 0.3) is 5.56 Å². The maximum atomic E-state index is 11.5. The molecule has 0 aliphatic heterocycles. The number of nitrogens with two attached hydrogens (primary N) is 1. The monoisotopic (exact) mass is 308 g/mol. The minimum atomic E-state index is -0.0724. The first-order valence-electron chi connectivity index (χ1n) is 5.96. The number of benzene rings is 1. The van der Waals surface area contributed by atoms with Gasteiger partial charge in [-0.25, -0.2) is 0 Å². The second-order valence-corrected chi connectivity index (χ2v) is 4.90. The van der Waals surface area contributed by atoms with Crippen molar-refractivity contribution in [3.8, 4) is 5.75 Å². The molecular weight excluding hydrogens is 296 g/mol. The van der Waals surface area contributed by atoms with Gasteiger partial charge in [-0.1, -0.05) is 36.0 Å². The Morgan fingerprint density at radius 2 is 2.10 bits per heavy atom. The van der Waals surface area contributed by atoms with Crippen LogP contribution in [0.1, 0.15) is 5.56 Å². The van der Waals surface area contributed by atoms with E-state index in [1.165, 1.54) is 6.07 Å². The smallest absolute Gasteiger partial charge is 0.250 e. The molecule has 0 saturated carbocycles. The molecule has 0 aliphatic rings. The summed E-state index contributed by atoms with van der Waals surface area (Å²) in [7, 11) is 0. The summed E-state index contributed by atoms with van der Waals surface area (Å²) in [5, 5.41) is 0.451. The van der Waals surface area contributed by atoms with Gasteiger partial charge in [-0.05, 0) is 18.2 Å². The molecule has 4 nitrogen and oxygen atoms in total. The molecule has 1 heterocycles. The first-order chi connectivity index (χ1) is 9.59. The summed E-state index contributed by atoms with van der Waals surface area (Å²) in [6, 6.07) is 10.2. The van der Waals surface area contributed by atoms with Crippen molar-refractivity contribution >= 4 is 28.8 Å². The summed E-state index contributed by atoms with van der Waals surface area (Å²) in [6.45, 7) is 0.753. The van der Waals surface area contributed by atoms with Crippen LogP contribution in [0, 0.1) is 0 Å². The normalized spacial score (nSPS) is 10.2. The number of pyridine rings is 1. The van der Waals surface area contributed by atoms with Gasteiger partial charge in [-0.15, -0.1) is 0 Å². The van der Waals surface area contributed by atoms with Crippen LogP contribution in [0.5, 0.6) is 5.75 Å². The summed E-state index contributed by atoms with van der Waals surface area (Å²) >= 11 is 11.0. The van der Waals surface area contributed by atoms with Gasteiger partial charge in [0.05, 0.1) is 17.1 Å². The lowest BCUT2D eigenvalue weighted by atomic mass is 10.2. The van der Waals surface area contributed by atoms with E-state index >= 15 is 0 Å². The fraction of sp³-hybridized carbons (Fsp3) is 0.143. The molecule has 0 unspecified atom stereocenters.